The SMILES string of the molecule is COc1ccc(C2C(C#N)=C(SCc3ccc(C)cc3)NC3=C2C(=O)CC(C)(C)C3)cc1OC. The molecule has 1 N–H and O–H groups in total. The summed E-state index contributed by atoms with van der Waals surface area (Å²) in [5.41, 5.74) is 5.30. The summed E-state index contributed by atoms with van der Waals surface area (Å²) in [6.07, 6.45) is 1.22. The van der Waals surface area contributed by atoms with Crippen LogP contribution in [0.5, 0.6) is 11.5 Å². The zero-order chi connectivity index (χ0) is 24.5. The summed E-state index contributed by atoms with van der Waals surface area (Å²) in [5, 5.41) is 14.6. The number of thioether (sulfide) groups is 1. The number of carbonyl (C=O) groups is 1. The highest BCUT2D eigenvalue weighted by atomic mass is 32.2. The van der Waals surface area contributed by atoms with Crippen molar-refractivity contribution in [1.29, 1.82) is 5.26 Å². The summed E-state index contributed by atoms with van der Waals surface area (Å²) in [6, 6.07) is 16.5. The Morgan fingerprint density at radius 3 is 2.44 bits per heavy atom. The van der Waals surface area contributed by atoms with E-state index in [0.29, 0.717) is 29.1 Å². The highest BCUT2D eigenvalue weighted by Crippen LogP contribution is 2.49. The van der Waals surface area contributed by atoms with Crippen LogP contribution in [0.3, 0.4) is 0 Å². The highest BCUT2D eigenvalue weighted by molar-refractivity contribution is 8.02. The molecule has 5 nitrogen and oxygen atoms in total. The number of ether oxygens (including phenoxy) is 2. The number of hydrogen-bond donors (Lipinski definition) is 1. The van der Waals surface area contributed by atoms with Gasteiger partial charge in [-0.3, -0.25) is 4.79 Å². The van der Waals surface area contributed by atoms with E-state index in [9.17, 15) is 10.1 Å². The number of carbonyl (C=O) groups excluding carboxylic acids is 1. The number of nitrogens with zero attached hydrogens (tertiary/aromatic N) is 1. The second-order valence-electron chi connectivity index (χ2n) is 9.63. The van der Waals surface area contributed by atoms with Gasteiger partial charge in [-0.2, -0.15) is 5.26 Å². The average Bonchev–Trinajstić information content (AvgIpc) is 2.81. The Bertz CT molecular complexity index is 1220. The van der Waals surface area contributed by atoms with E-state index in [1.807, 2.05) is 18.2 Å². The van der Waals surface area contributed by atoms with E-state index in [0.717, 1.165) is 28.5 Å². The molecule has 0 spiro atoms. The number of rotatable bonds is 6. The maximum Gasteiger partial charge on any atom is 0.162 e. The number of aryl methyl sites for hydroxylation is 1. The molecule has 6 heteroatoms. The lowest BCUT2D eigenvalue weighted by Gasteiger charge is -2.39. The quantitative estimate of drug-likeness (QED) is 0.553. The Kier molecular flexibility index (Phi) is 6.77. The van der Waals surface area contributed by atoms with Crippen molar-refractivity contribution in [3.8, 4) is 17.6 Å². The van der Waals surface area contributed by atoms with Crippen molar-refractivity contribution in [3.05, 3.63) is 81.0 Å². The predicted octanol–water partition coefficient (Wildman–Crippen LogP) is 6.01. The van der Waals surface area contributed by atoms with Crippen LogP contribution in [-0.4, -0.2) is 20.0 Å². The van der Waals surface area contributed by atoms with E-state index >= 15 is 0 Å². The number of nitrogens with one attached hydrogen (secondary N) is 1. The van der Waals surface area contributed by atoms with E-state index in [1.54, 1.807) is 26.0 Å². The van der Waals surface area contributed by atoms with Crippen molar-refractivity contribution in [2.24, 2.45) is 5.41 Å². The first-order valence-corrected chi connectivity index (χ1v) is 12.3. The maximum atomic E-state index is 13.4. The lowest BCUT2D eigenvalue weighted by molar-refractivity contribution is -0.118. The number of hydrogen-bond acceptors (Lipinski definition) is 6. The number of methoxy groups -OCH3 is 2. The molecular weight excluding hydrogens is 444 g/mol. The molecule has 0 fully saturated rings. The molecule has 1 atom stereocenters. The molecule has 0 aromatic heterocycles. The van der Waals surface area contributed by atoms with Gasteiger partial charge in [-0.1, -0.05) is 49.7 Å². The molecule has 1 aliphatic carbocycles. The van der Waals surface area contributed by atoms with Crippen molar-refractivity contribution in [3.63, 3.8) is 0 Å². The Hall–Kier alpha value is -3.17. The molecule has 0 amide bonds. The number of benzene rings is 2. The molecule has 2 aromatic rings. The van der Waals surface area contributed by atoms with Crippen LogP contribution in [0, 0.1) is 23.7 Å². The fraction of sp³-hybridized carbons (Fsp3) is 0.357. The van der Waals surface area contributed by atoms with Crippen LogP contribution >= 0.6 is 11.8 Å². The van der Waals surface area contributed by atoms with Crippen LogP contribution in [0.4, 0.5) is 0 Å². The van der Waals surface area contributed by atoms with Crippen LogP contribution in [0.25, 0.3) is 0 Å². The van der Waals surface area contributed by atoms with Crippen LogP contribution < -0.4 is 14.8 Å². The predicted molar refractivity (Wildman–Crippen MR) is 136 cm³/mol. The number of dihydropyridines is 1. The van der Waals surface area contributed by atoms with Gasteiger partial charge < -0.3 is 14.8 Å². The zero-order valence-electron chi connectivity index (χ0n) is 20.3. The first-order valence-electron chi connectivity index (χ1n) is 11.3. The topological polar surface area (TPSA) is 71.3 Å². The van der Waals surface area contributed by atoms with Gasteiger partial charge >= 0.3 is 0 Å². The van der Waals surface area contributed by atoms with Crippen molar-refractivity contribution < 1.29 is 14.3 Å². The Morgan fingerprint density at radius 2 is 1.79 bits per heavy atom. The summed E-state index contributed by atoms with van der Waals surface area (Å²) in [7, 11) is 3.18. The van der Waals surface area contributed by atoms with Gasteiger partial charge in [0.25, 0.3) is 0 Å². The second kappa shape index (κ2) is 9.60. The minimum atomic E-state index is -0.440. The third-order valence-electron chi connectivity index (χ3n) is 6.37. The maximum absolute atomic E-state index is 13.4. The molecule has 1 heterocycles. The molecular formula is C28H30N2O3S. The van der Waals surface area contributed by atoms with Gasteiger partial charge in [-0.15, -0.1) is 11.8 Å². The molecule has 0 bridgehead atoms. The third kappa shape index (κ3) is 4.71. The van der Waals surface area contributed by atoms with Crippen LogP contribution in [0.1, 0.15) is 49.3 Å². The molecule has 4 rings (SSSR count). The van der Waals surface area contributed by atoms with Gasteiger partial charge in [-0.25, -0.2) is 0 Å². The number of allylic oxidation sites excluding steroid dienone is 3. The molecule has 0 saturated carbocycles. The Balaban J connectivity index is 1.80. The lowest BCUT2D eigenvalue weighted by Crippen LogP contribution is -2.36. The third-order valence-corrected chi connectivity index (χ3v) is 7.46. The van der Waals surface area contributed by atoms with Crippen molar-refractivity contribution >= 4 is 17.5 Å². The van der Waals surface area contributed by atoms with Crippen molar-refractivity contribution in [1.82, 2.24) is 5.32 Å². The Labute approximate surface area is 205 Å². The normalized spacial score (nSPS) is 19.3. The molecule has 0 radical (unpaired) electrons. The molecule has 2 aliphatic rings. The second-order valence-corrected chi connectivity index (χ2v) is 10.6. The van der Waals surface area contributed by atoms with Gasteiger partial charge in [0.15, 0.2) is 17.3 Å². The summed E-state index contributed by atoms with van der Waals surface area (Å²) in [5.74, 6) is 1.57. The molecule has 1 aliphatic heterocycles. The largest absolute Gasteiger partial charge is 0.493 e. The Morgan fingerprint density at radius 1 is 1.09 bits per heavy atom. The lowest BCUT2D eigenvalue weighted by atomic mass is 9.69. The number of Topliss-reactive ketones (excluding diaryl/α,β-unsaturated/α-hetero) is 1. The molecule has 2 aromatic carbocycles. The van der Waals surface area contributed by atoms with Crippen LogP contribution in [-0.2, 0) is 10.5 Å². The molecule has 176 valence electrons. The summed E-state index contributed by atoms with van der Waals surface area (Å²) in [4.78, 5) is 13.4. The smallest absolute Gasteiger partial charge is 0.162 e. The summed E-state index contributed by atoms with van der Waals surface area (Å²) >= 11 is 1.61. The average molecular weight is 475 g/mol. The van der Waals surface area contributed by atoms with E-state index in [1.165, 1.54) is 11.1 Å². The van der Waals surface area contributed by atoms with E-state index < -0.39 is 5.92 Å². The molecule has 34 heavy (non-hydrogen) atoms. The molecule has 1 unspecified atom stereocenters. The van der Waals surface area contributed by atoms with Crippen LogP contribution in [0.15, 0.2) is 64.3 Å². The number of ketones is 1. The monoisotopic (exact) mass is 474 g/mol. The van der Waals surface area contributed by atoms with Gasteiger partial charge in [0.2, 0.25) is 0 Å². The van der Waals surface area contributed by atoms with E-state index in [4.69, 9.17) is 9.47 Å². The first-order chi connectivity index (χ1) is 16.3. The fourth-order valence-electron chi connectivity index (χ4n) is 4.70. The van der Waals surface area contributed by atoms with Gasteiger partial charge in [0.05, 0.1) is 36.8 Å². The highest BCUT2D eigenvalue weighted by Gasteiger charge is 2.42. The first kappa shape index (κ1) is 24.0. The summed E-state index contributed by atoms with van der Waals surface area (Å²) < 4.78 is 10.9. The van der Waals surface area contributed by atoms with Gasteiger partial charge in [-0.05, 0) is 42.0 Å². The summed E-state index contributed by atoms with van der Waals surface area (Å²) in [6.45, 7) is 6.30. The minimum Gasteiger partial charge on any atom is -0.493 e. The van der Waals surface area contributed by atoms with Crippen LogP contribution in [0.2, 0.25) is 0 Å². The zero-order valence-corrected chi connectivity index (χ0v) is 21.1. The van der Waals surface area contributed by atoms with E-state index in [2.05, 4.69) is 56.4 Å². The standard InChI is InChI=1S/C28H30N2O3S/c1-17-6-8-18(9-7-17)16-34-27-20(15-29)25(19-10-11-23(32-4)24(12-19)33-5)26-21(30-27)13-28(2,3)14-22(26)31/h6-12,25,30H,13-14,16H2,1-5H3. The van der Waals surface area contributed by atoms with Crippen molar-refractivity contribution in [2.45, 2.75) is 45.3 Å². The van der Waals surface area contributed by atoms with Crippen molar-refractivity contribution in [2.75, 3.05) is 14.2 Å². The number of nitriles is 1. The van der Waals surface area contributed by atoms with Gasteiger partial charge in [0.1, 0.15) is 0 Å². The van der Waals surface area contributed by atoms with Gasteiger partial charge in [0, 0.05) is 23.4 Å². The van der Waals surface area contributed by atoms with E-state index in [-0.39, 0.29) is 11.2 Å². The molecule has 0 saturated heterocycles. The minimum absolute atomic E-state index is 0.0915. The fourth-order valence-corrected chi connectivity index (χ4v) is 5.71.